The van der Waals surface area contributed by atoms with Crippen LogP contribution in [0.2, 0.25) is 0 Å². The van der Waals surface area contributed by atoms with E-state index in [2.05, 4.69) is 15.9 Å². The van der Waals surface area contributed by atoms with Gasteiger partial charge in [-0.25, -0.2) is 4.39 Å². The molecule has 0 nitrogen and oxygen atoms in total. The molecule has 0 heterocycles. The van der Waals surface area contributed by atoms with Gasteiger partial charge in [0.1, 0.15) is 5.82 Å². The highest BCUT2D eigenvalue weighted by Crippen LogP contribution is 2.32. The van der Waals surface area contributed by atoms with Crippen molar-refractivity contribution in [3.8, 4) is 0 Å². The minimum atomic E-state index is -4.62. The maximum atomic E-state index is 13.4. The highest BCUT2D eigenvalue weighted by molar-refractivity contribution is 9.09. The molecule has 0 aliphatic rings. The van der Waals surface area contributed by atoms with E-state index < -0.39 is 17.6 Å². The first-order valence-electron chi connectivity index (χ1n) is 4.37. The summed E-state index contributed by atoms with van der Waals surface area (Å²) in [5, 5.41) is 0.642. The number of rotatable bonds is 3. The first-order chi connectivity index (χ1) is 6.96. The Balaban J connectivity index is 3.01. The van der Waals surface area contributed by atoms with Crippen LogP contribution in [0.4, 0.5) is 17.6 Å². The predicted octanol–water partition coefficient (Wildman–Crippen LogP) is 4.17. The zero-order valence-electron chi connectivity index (χ0n) is 7.74. The molecule has 1 aromatic rings. The number of hydrogen-bond acceptors (Lipinski definition) is 0. The molecule has 0 saturated heterocycles. The Labute approximate surface area is 93.4 Å². The van der Waals surface area contributed by atoms with Crippen molar-refractivity contribution in [3.05, 3.63) is 35.1 Å². The quantitative estimate of drug-likeness (QED) is 0.577. The average molecular weight is 285 g/mol. The zero-order chi connectivity index (χ0) is 11.5. The van der Waals surface area contributed by atoms with E-state index in [0.29, 0.717) is 18.2 Å². The van der Waals surface area contributed by atoms with Gasteiger partial charge in [0, 0.05) is 5.33 Å². The molecule has 0 unspecified atom stereocenters. The molecular weight excluding hydrogens is 276 g/mol. The smallest absolute Gasteiger partial charge is 0.206 e. The van der Waals surface area contributed by atoms with Crippen LogP contribution in [0.3, 0.4) is 0 Å². The van der Waals surface area contributed by atoms with Crippen LogP contribution in [0.15, 0.2) is 18.2 Å². The molecule has 1 aromatic carbocycles. The summed E-state index contributed by atoms with van der Waals surface area (Å²) < 4.78 is 50.3. The molecule has 0 aliphatic heterocycles. The number of benzene rings is 1. The molecule has 0 amide bonds. The lowest BCUT2D eigenvalue weighted by molar-refractivity contribution is -0.140. The SMILES string of the molecule is Fc1c(CCCBr)cccc1C(F)(F)F. The average Bonchev–Trinajstić information content (AvgIpc) is 2.14. The van der Waals surface area contributed by atoms with E-state index in [1.807, 2.05) is 0 Å². The molecule has 0 saturated carbocycles. The van der Waals surface area contributed by atoms with Crippen molar-refractivity contribution in [3.63, 3.8) is 0 Å². The first-order valence-corrected chi connectivity index (χ1v) is 5.49. The number of hydrogen-bond donors (Lipinski definition) is 0. The van der Waals surface area contributed by atoms with Crippen LogP contribution < -0.4 is 0 Å². The van der Waals surface area contributed by atoms with Gasteiger partial charge in [0.25, 0.3) is 0 Å². The highest BCUT2D eigenvalue weighted by atomic mass is 79.9. The molecule has 0 radical (unpaired) electrons. The third-order valence-corrected chi connectivity index (χ3v) is 2.52. The Kier molecular flexibility index (Phi) is 4.13. The minimum Gasteiger partial charge on any atom is -0.206 e. The Hall–Kier alpha value is -0.580. The highest BCUT2D eigenvalue weighted by Gasteiger charge is 2.34. The molecule has 0 aromatic heterocycles. The number of aryl methyl sites for hydroxylation is 1. The van der Waals surface area contributed by atoms with E-state index in [1.54, 1.807) is 0 Å². The Morgan fingerprint density at radius 1 is 1.20 bits per heavy atom. The summed E-state index contributed by atoms with van der Waals surface area (Å²) in [7, 11) is 0. The molecule has 0 aliphatic carbocycles. The van der Waals surface area contributed by atoms with Gasteiger partial charge in [0.05, 0.1) is 5.56 Å². The van der Waals surface area contributed by atoms with Crippen LogP contribution in [-0.4, -0.2) is 5.33 Å². The molecule has 5 heteroatoms. The Morgan fingerprint density at radius 3 is 2.40 bits per heavy atom. The van der Waals surface area contributed by atoms with Crippen LogP contribution in [0.1, 0.15) is 17.5 Å². The topological polar surface area (TPSA) is 0 Å². The lowest BCUT2D eigenvalue weighted by atomic mass is 10.1. The summed E-state index contributed by atoms with van der Waals surface area (Å²) in [5.41, 5.74) is -1.07. The third kappa shape index (κ3) is 3.19. The maximum Gasteiger partial charge on any atom is 0.419 e. The molecular formula is C10H9BrF4. The number of halogens is 5. The lowest BCUT2D eigenvalue weighted by Crippen LogP contribution is -2.09. The summed E-state index contributed by atoms with van der Waals surface area (Å²) in [6.45, 7) is 0. The van der Waals surface area contributed by atoms with Crippen molar-refractivity contribution in [1.82, 2.24) is 0 Å². The fourth-order valence-electron chi connectivity index (χ4n) is 1.25. The summed E-state index contributed by atoms with van der Waals surface area (Å²) in [4.78, 5) is 0. The van der Waals surface area contributed by atoms with Gasteiger partial charge >= 0.3 is 6.18 Å². The molecule has 84 valence electrons. The van der Waals surface area contributed by atoms with Crippen LogP contribution >= 0.6 is 15.9 Å². The number of alkyl halides is 4. The second-order valence-corrected chi connectivity index (χ2v) is 3.86. The lowest BCUT2D eigenvalue weighted by Gasteiger charge is -2.10. The van der Waals surface area contributed by atoms with Crippen molar-refractivity contribution in [2.75, 3.05) is 5.33 Å². The van der Waals surface area contributed by atoms with Crippen molar-refractivity contribution in [1.29, 1.82) is 0 Å². The van der Waals surface area contributed by atoms with Gasteiger partial charge in [-0.1, -0.05) is 28.1 Å². The van der Waals surface area contributed by atoms with Gasteiger partial charge in [0.2, 0.25) is 0 Å². The largest absolute Gasteiger partial charge is 0.419 e. The van der Waals surface area contributed by atoms with Gasteiger partial charge in [-0.05, 0) is 24.5 Å². The molecule has 0 fully saturated rings. The summed E-state index contributed by atoms with van der Waals surface area (Å²) in [6.07, 6.45) is -3.70. The molecule has 15 heavy (non-hydrogen) atoms. The molecule has 0 spiro atoms. The van der Waals surface area contributed by atoms with Gasteiger partial charge < -0.3 is 0 Å². The van der Waals surface area contributed by atoms with Crippen molar-refractivity contribution in [2.45, 2.75) is 19.0 Å². The van der Waals surface area contributed by atoms with Gasteiger partial charge in [-0.15, -0.1) is 0 Å². The van der Waals surface area contributed by atoms with E-state index >= 15 is 0 Å². The summed E-state index contributed by atoms with van der Waals surface area (Å²) >= 11 is 3.14. The van der Waals surface area contributed by atoms with Crippen LogP contribution in [0.25, 0.3) is 0 Å². The van der Waals surface area contributed by atoms with E-state index in [4.69, 9.17) is 0 Å². The second-order valence-electron chi connectivity index (χ2n) is 3.07. The predicted molar refractivity (Wildman–Crippen MR) is 53.5 cm³/mol. The molecule has 0 N–H and O–H groups in total. The summed E-state index contributed by atoms with van der Waals surface area (Å²) in [5.74, 6) is -1.15. The van der Waals surface area contributed by atoms with E-state index in [1.165, 1.54) is 12.1 Å². The van der Waals surface area contributed by atoms with Gasteiger partial charge in [-0.2, -0.15) is 13.2 Å². The summed E-state index contributed by atoms with van der Waals surface area (Å²) in [6, 6.07) is 3.37. The maximum absolute atomic E-state index is 13.4. The minimum absolute atomic E-state index is 0.115. The van der Waals surface area contributed by atoms with Crippen LogP contribution in [-0.2, 0) is 12.6 Å². The van der Waals surface area contributed by atoms with Gasteiger partial charge in [-0.3, -0.25) is 0 Å². The molecule has 1 rings (SSSR count). The van der Waals surface area contributed by atoms with E-state index in [-0.39, 0.29) is 5.56 Å². The van der Waals surface area contributed by atoms with Crippen LogP contribution in [0, 0.1) is 5.82 Å². The molecule has 0 bridgehead atoms. The normalized spacial score (nSPS) is 11.8. The zero-order valence-corrected chi connectivity index (χ0v) is 9.33. The first kappa shape index (κ1) is 12.5. The van der Waals surface area contributed by atoms with Crippen molar-refractivity contribution < 1.29 is 17.6 Å². The second kappa shape index (κ2) is 4.96. The van der Waals surface area contributed by atoms with E-state index in [9.17, 15) is 17.6 Å². The fourth-order valence-corrected chi connectivity index (χ4v) is 1.53. The standard InChI is InChI=1S/C10H9BrF4/c11-6-2-4-7-3-1-5-8(9(7)12)10(13,14)15/h1,3,5H,2,4,6H2. The van der Waals surface area contributed by atoms with Crippen LogP contribution in [0.5, 0.6) is 0 Å². The molecule has 0 atom stereocenters. The third-order valence-electron chi connectivity index (χ3n) is 1.96. The Bertz CT molecular complexity index is 333. The Morgan fingerprint density at radius 2 is 1.87 bits per heavy atom. The van der Waals surface area contributed by atoms with Crippen molar-refractivity contribution >= 4 is 15.9 Å². The van der Waals surface area contributed by atoms with Crippen molar-refractivity contribution in [2.24, 2.45) is 0 Å². The van der Waals surface area contributed by atoms with E-state index in [0.717, 1.165) is 6.07 Å². The fraction of sp³-hybridized carbons (Fsp3) is 0.400. The van der Waals surface area contributed by atoms with Gasteiger partial charge in [0.15, 0.2) is 0 Å². The monoisotopic (exact) mass is 284 g/mol.